The van der Waals surface area contributed by atoms with Crippen LogP contribution in [0.1, 0.15) is 25.7 Å². The number of pyridine rings is 1. The standard InChI is InChI=1S/C12H18N2O2/c1-16-11-8-10(4-7-13-11)14-9-12(15)5-2-3-6-12/h4,7-8,15H,2-3,5-6,9H2,1H3,(H,13,14). The highest BCUT2D eigenvalue weighted by Gasteiger charge is 2.30. The Balaban J connectivity index is 1.93. The van der Waals surface area contributed by atoms with E-state index in [4.69, 9.17) is 4.74 Å². The quantitative estimate of drug-likeness (QED) is 0.815. The van der Waals surface area contributed by atoms with Gasteiger partial charge in [-0.2, -0.15) is 0 Å². The van der Waals surface area contributed by atoms with Gasteiger partial charge in [-0.05, 0) is 18.9 Å². The molecule has 4 nitrogen and oxygen atoms in total. The topological polar surface area (TPSA) is 54.4 Å². The molecule has 0 atom stereocenters. The predicted molar refractivity (Wildman–Crippen MR) is 62.7 cm³/mol. The Morgan fingerprint density at radius 3 is 2.94 bits per heavy atom. The fraction of sp³-hybridized carbons (Fsp3) is 0.583. The molecule has 0 bridgehead atoms. The largest absolute Gasteiger partial charge is 0.481 e. The molecule has 88 valence electrons. The summed E-state index contributed by atoms with van der Waals surface area (Å²) in [7, 11) is 1.59. The van der Waals surface area contributed by atoms with E-state index in [1.807, 2.05) is 12.1 Å². The third-order valence-corrected chi connectivity index (χ3v) is 3.10. The van der Waals surface area contributed by atoms with E-state index in [9.17, 15) is 5.11 Å². The third-order valence-electron chi connectivity index (χ3n) is 3.10. The van der Waals surface area contributed by atoms with Gasteiger partial charge >= 0.3 is 0 Å². The zero-order chi connectivity index (χ0) is 11.4. The average molecular weight is 222 g/mol. The second-order valence-corrected chi connectivity index (χ2v) is 4.37. The monoisotopic (exact) mass is 222 g/mol. The number of rotatable bonds is 4. The van der Waals surface area contributed by atoms with Crippen molar-refractivity contribution in [2.75, 3.05) is 19.0 Å². The van der Waals surface area contributed by atoms with Crippen LogP contribution in [0.15, 0.2) is 18.3 Å². The Labute approximate surface area is 95.7 Å². The first-order valence-electron chi connectivity index (χ1n) is 5.68. The second kappa shape index (κ2) is 4.70. The average Bonchev–Trinajstić information content (AvgIpc) is 2.75. The molecule has 0 aromatic carbocycles. The first-order chi connectivity index (χ1) is 7.72. The first-order valence-corrected chi connectivity index (χ1v) is 5.68. The lowest BCUT2D eigenvalue weighted by Crippen LogP contribution is -2.33. The molecule has 0 aliphatic heterocycles. The summed E-state index contributed by atoms with van der Waals surface area (Å²) in [5, 5.41) is 13.4. The number of aliphatic hydroxyl groups is 1. The van der Waals surface area contributed by atoms with Gasteiger partial charge < -0.3 is 15.2 Å². The maximum absolute atomic E-state index is 10.2. The van der Waals surface area contributed by atoms with Crippen LogP contribution >= 0.6 is 0 Å². The lowest BCUT2D eigenvalue weighted by molar-refractivity contribution is 0.0614. The lowest BCUT2D eigenvalue weighted by atomic mass is 10.0. The van der Waals surface area contributed by atoms with Crippen LogP contribution in [0, 0.1) is 0 Å². The van der Waals surface area contributed by atoms with Crippen molar-refractivity contribution in [3.63, 3.8) is 0 Å². The minimum atomic E-state index is -0.531. The summed E-state index contributed by atoms with van der Waals surface area (Å²) in [5.74, 6) is 0.586. The molecule has 4 heteroatoms. The van der Waals surface area contributed by atoms with E-state index in [0.717, 1.165) is 31.4 Å². The van der Waals surface area contributed by atoms with Crippen LogP contribution in [0.3, 0.4) is 0 Å². The zero-order valence-corrected chi connectivity index (χ0v) is 9.57. The van der Waals surface area contributed by atoms with Gasteiger partial charge in [-0.3, -0.25) is 0 Å². The van der Waals surface area contributed by atoms with E-state index >= 15 is 0 Å². The molecule has 16 heavy (non-hydrogen) atoms. The predicted octanol–water partition coefficient (Wildman–Crippen LogP) is 1.81. The molecule has 0 unspecified atom stereocenters. The van der Waals surface area contributed by atoms with Crippen LogP contribution in [0.25, 0.3) is 0 Å². The van der Waals surface area contributed by atoms with Gasteiger partial charge in [-0.15, -0.1) is 0 Å². The van der Waals surface area contributed by atoms with Crippen LogP contribution in [0.2, 0.25) is 0 Å². The number of anilines is 1. The molecule has 2 N–H and O–H groups in total. The maximum atomic E-state index is 10.2. The molecule has 0 spiro atoms. The highest BCUT2D eigenvalue weighted by molar-refractivity contribution is 5.45. The van der Waals surface area contributed by atoms with Crippen molar-refractivity contribution in [2.24, 2.45) is 0 Å². The summed E-state index contributed by atoms with van der Waals surface area (Å²) >= 11 is 0. The summed E-state index contributed by atoms with van der Waals surface area (Å²) in [6, 6.07) is 3.71. The van der Waals surface area contributed by atoms with E-state index < -0.39 is 5.60 Å². The van der Waals surface area contributed by atoms with Crippen molar-refractivity contribution >= 4 is 5.69 Å². The van der Waals surface area contributed by atoms with Crippen LogP contribution < -0.4 is 10.1 Å². The van der Waals surface area contributed by atoms with E-state index in [-0.39, 0.29) is 0 Å². The Morgan fingerprint density at radius 1 is 1.50 bits per heavy atom. The molecular formula is C12H18N2O2. The minimum absolute atomic E-state index is 0.531. The van der Waals surface area contributed by atoms with Gasteiger partial charge in [-0.25, -0.2) is 4.98 Å². The number of nitrogens with zero attached hydrogens (tertiary/aromatic N) is 1. The summed E-state index contributed by atoms with van der Waals surface area (Å²) in [6.45, 7) is 0.597. The van der Waals surface area contributed by atoms with Gasteiger partial charge in [0.1, 0.15) is 0 Å². The molecule has 1 aromatic heterocycles. The highest BCUT2D eigenvalue weighted by Crippen LogP contribution is 2.29. The van der Waals surface area contributed by atoms with Crippen LogP contribution in [-0.4, -0.2) is 29.3 Å². The van der Waals surface area contributed by atoms with Gasteiger partial charge in [0.25, 0.3) is 0 Å². The van der Waals surface area contributed by atoms with Crippen molar-refractivity contribution in [3.05, 3.63) is 18.3 Å². The minimum Gasteiger partial charge on any atom is -0.481 e. The Morgan fingerprint density at radius 2 is 2.25 bits per heavy atom. The van der Waals surface area contributed by atoms with Crippen molar-refractivity contribution in [1.82, 2.24) is 4.98 Å². The van der Waals surface area contributed by atoms with Crippen molar-refractivity contribution < 1.29 is 9.84 Å². The van der Waals surface area contributed by atoms with Crippen LogP contribution in [0.5, 0.6) is 5.88 Å². The Hall–Kier alpha value is -1.29. The number of hydrogen-bond donors (Lipinski definition) is 2. The fourth-order valence-corrected chi connectivity index (χ4v) is 2.11. The molecule has 1 saturated carbocycles. The van der Waals surface area contributed by atoms with Crippen LogP contribution in [-0.2, 0) is 0 Å². The molecule has 1 fully saturated rings. The second-order valence-electron chi connectivity index (χ2n) is 4.37. The van der Waals surface area contributed by atoms with Crippen molar-refractivity contribution in [2.45, 2.75) is 31.3 Å². The molecule has 0 amide bonds. The molecule has 1 aliphatic carbocycles. The summed E-state index contributed by atoms with van der Waals surface area (Å²) in [4.78, 5) is 4.03. The van der Waals surface area contributed by atoms with Crippen LogP contribution in [0.4, 0.5) is 5.69 Å². The zero-order valence-electron chi connectivity index (χ0n) is 9.57. The van der Waals surface area contributed by atoms with Gasteiger partial charge in [0.15, 0.2) is 0 Å². The lowest BCUT2D eigenvalue weighted by Gasteiger charge is -2.23. The number of aromatic nitrogens is 1. The molecular weight excluding hydrogens is 204 g/mol. The molecule has 1 aliphatic rings. The molecule has 2 rings (SSSR count). The van der Waals surface area contributed by atoms with Gasteiger partial charge in [0.05, 0.1) is 12.7 Å². The summed E-state index contributed by atoms with van der Waals surface area (Å²) in [6.07, 6.45) is 5.72. The van der Waals surface area contributed by atoms with Crippen molar-refractivity contribution in [1.29, 1.82) is 0 Å². The molecule has 1 aromatic rings. The fourth-order valence-electron chi connectivity index (χ4n) is 2.11. The Bertz CT molecular complexity index is 349. The number of hydrogen-bond acceptors (Lipinski definition) is 4. The summed E-state index contributed by atoms with van der Waals surface area (Å²) in [5.41, 5.74) is 0.406. The number of ether oxygens (including phenoxy) is 1. The van der Waals surface area contributed by atoms with E-state index in [0.29, 0.717) is 12.4 Å². The summed E-state index contributed by atoms with van der Waals surface area (Å²) < 4.78 is 5.04. The van der Waals surface area contributed by atoms with E-state index in [2.05, 4.69) is 10.3 Å². The Kier molecular flexibility index (Phi) is 3.29. The normalized spacial score (nSPS) is 18.4. The number of nitrogens with one attached hydrogen (secondary N) is 1. The van der Waals surface area contributed by atoms with E-state index in [1.165, 1.54) is 0 Å². The van der Waals surface area contributed by atoms with Gasteiger partial charge in [-0.1, -0.05) is 12.8 Å². The highest BCUT2D eigenvalue weighted by atomic mass is 16.5. The van der Waals surface area contributed by atoms with Gasteiger partial charge in [0, 0.05) is 24.5 Å². The van der Waals surface area contributed by atoms with Crippen molar-refractivity contribution in [3.8, 4) is 5.88 Å². The smallest absolute Gasteiger partial charge is 0.214 e. The maximum Gasteiger partial charge on any atom is 0.214 e. The SMILES string of the molecule is COc1cc(NCC2(O)CCCC2)ccn1. The molecule has 0 saturated heterocycles. The first kappa shape index (κ1) is 11.2. The number of methoxy groups -OCH3 is 1. The molecule has 0 radical (unpaired) electrons. The third kappa shape index (κ3) is 2.64. The van der Waals surface area contributed by atoms with Gasteiger partial charge in [0.2, 0.25) is 5.88 Å². The molecule has 1 heterocycles. The van der Waals surface area contributed by atoms with E-state index in [1.54, 1.807) is 13.3 Å².